The number of methoxy groups -OCH3 is 1. The van der Waals surface area contributed by atoms with Crippen LogP contribution in [0.5, 0.6) is 11.6 Å². The van der Waals surface area contributed by atoms with Crippen LogP contribution in [-0.2, 0) is 29.1 Å². The maximum absolute atomic E-state index is 14.6. The zero-order valence-electron chi connectivity index (χ0n) is 31.7. The Labute approximate surface area is 321 Å². The van der Waals surface area contributed by atoms with Crippen molar-refractivity contribution in [1.82, 2.24) is 25.2 Å². The third-order valence-electron chi connectivity index (χ3n) is 11.4. The molecule has 5 atom stereocenters. The number of benzene rings is 1. The second-order valence-corrected chi connectivity index (χ2v) is 18.3. The van der Waals surface area contributed by atoms with E-state index in [4.69, 9.17) is 14.2 Å². The Bertz CT molecular complexity index is 2010. The van der Waals surface area contributed by atoms with E-state index in [1.54, 1.807) is 13.3 Å². The van der Waals surface area contributed by atoms with Gasteiger partial charge in [0.2, 0.25) is 27.7 Å². The van der Waals surface area contributed by atoms with Crippen LogP contribution in [0.4, 0.5) is 4.79 Å². The number of carbonyl (C=O) groups is 4. The molecular weight excluding hydrogens is 727 g/mol. The van der Waals surface area contributed by atoms with Crippen LogP contribution >= 0.6 is 0 Å². The van der Waals surface area contributed by atoms with Gasteiger partial charge in [0.25, 0.3) is 5.91 Å². The van der Waals surface area contributed by atoms with E-state index in [9.17, 15) is 27.6 Å². The molecule has 1 saturated heterocycles. The number of alkyl carbamates (subject to hydrolysis) is 1. The fraction of sp³-hybridized carbons (Fsp3) is 0.575. The number of hydrogen-bond donors (Lipinski definition) is 3. The van der Waals surface area contributed by atoms with Gasteiger partial charge in [0.05, 0.1) is 25.5 Å². The van der Waals surface area contributed by atoms with Crippen LogP contribution < -0.4 is 24.8 Å². The highest BCUT2D eigenvalue weighted by molar-refractivity contribution is 7.91. The number of ether oxygens (including phenoxy) is 3. The maximum Gasteiger partial charge on any atom is 0.407 e. The van der Waals surface area contributed by atoms with Crippen LogP contribution in [0.3, 0.4) is 0 Å². The number of fused-ring (bicyclic) bond motifs is 4. The molecule has 3 fully saturated rings. The fourth-order valence-electron chi connectivity index (χ4n) is 7.80. The van der Waals surface area contributed by atoms with Gasteiger partial charge in [0.1, 0.15) is 29.5 Å². The second-order valence-electron chi connectivity index (χ2n) is 16.3. The van der Waals surface area contributed by atoms with Gasteiger partial charge in [-0.25, -0.2) is 18.2 Å². The monoisotopic (exact) mass is 777 g/mol. The Morgan fingerprint density at radius 2 is 1.89 bits per heavy atom. The van der Waals surface area contributed by atoms with Crippen molar-refractivity contribution in [3.05, 3.63) is 48.2 Å². The van der Waals surface area contributed by atoms with Gasteiger partial charge < -0.3 is 29.7 Å². The molecule has 5 bridgehead atoms. The number of pyridine rings is 1. The SMILES string of the molecule is COc1cc2ccnc3c2cc1C=CCCC(C)(C)COC(=O)N[C@H]1CCCCCC=C[C@@H]2C[C@@]2(C(=O)NS(=O)(=O)C2CC2)NC(=O)[C@@H]2C[C@H](CN2C1=O)O3. The van der Waals surface area contributed by atoms with Crippen LogP contribution in [0.25, 0.3) is 16.8 Å². The summed E-state index contributed by atoms with van der Waals surface area (Å²) < 4.78 is 45.9. The van der Waals surface area contributed by atoms with E-state index in [0.29, 0.717) is 50.2 Å². The topological polar surface area (TPSA) is 182 Å². The average Bonchev–Trinajstić information content (AvgIpc) is 4.07. The molecule has 0 radical (unpaired) electrons. The van der Waals surface area contributed by atoms with Crippen LogP contribution in [-0.4, -0.2) is 91.4 Å². The van der Waals surface area contributed by atoms with Crippen molar-refractivity contribution >= 4 is 50.7 Å². The Hall–Kier alpha value is -4.66. The Morgan fingerprint density at radius 3 is 2.67 bits per heavy atom. The molecule has 0 spiro atoms. The molecule has 7 rings (SSSR count). The molecule has 3 N–H and O–H groups in total. The fourth-order valence-corrected chi connectivity index (χ4v) is 9.16. The van der Waals surface area contributed by atoms with Gasteiger partial charge in [0.15, 0.2) is 0 Å². The molecule has 1 aromatic carbocycles. The highest BCUT2D eigenvalue weighted by Crippen LogP contribution is 2.46. The zero-order chi connectivity index (χ0) is 39.0. The largest absolute Gasteiger partial charge is 0.496 e. The van der Waals surface area contributed by atoms with E-state index >= 15 is 0 Å². The normalized spacial score (nSPS) is 28.9. The van der Waals surface area contributed by atoms with Gasteiger partial charge in [-0.3, -0.25) is 19.1 Å². The van der Waals surface area contributed by atoms with Gasteiger partial charge in [-0.1, -0.05) is 51.0 Å². The third kappa shape index (κ3) is 8.61. The number of sulfonamides is 1. The zero-order valence-corrected chi connectivity index (χ0v) is 32.5. The number of aromatic nitrogens is 1. The Kier molecular flexibility index (Phi) is 10.9. The first kappa shape index (κ1) is 38.6. The lowest BCUT2D eigenvalue weighted by Crippen LogP contribution is -2.58. The molecule has 2 aromatic rings. The molecule has 4 heterocycles. The molecule has 296 valence electrons. The van der Waals surface area contributed by atoms with Crippen molar-refractivity contribution < 1.29 is 41.8 Å². The van der Waals surface area contributed by atoms with Crippen molar-refractivity contribution in [3.8, 4) is 11.6 Å². The molecule has 0 unspecified atom stereocenters. The number of carbonyl (C=O) groups excluding carboxylic acids is 4. The first-order valence-corrected chi connectivity index (χ1v) is 20.9. The number of nitrogens with zero attached hydrogens (tertiary/aromatic N) is 2. The Balaban J connectivity index is 1.25. The van der Waals surface area contributed by atoms with Crippen molar-refractivity contribution in [2.75, 3.05) is 20.3 Å². The van der Waals surface area contributed by atoms with Crippen molar-refractivity contribution in [3.63, 3.8) is 0 Å². The number of allylic oxidation sites excluding steroid dienone is 2. The van der Waals surface area contributed by atoms with Crippen LogP contribution in [0.1, 0.15) is 90.0 Å². The van der Waals surface area contributed by atoms with Crippen LogP contribution in [0, 0.1) is 11.3 Å². The minimum absolute atomic E-state index is 0.00323. The molecule has 2 aliphatic carbocycles. The number of cyclic esters (lactones) is 1. The lowest BCUT2D eigenvalue weighted by molar-refractivity contribution is -0.141. The summed E-state index contributed by atoms with van der Waals surface area (Å²) in [6.45, 7) is 4.15. The molecule has 4 amide bonds. The molecule has 15 heteroatoms. The summed E-state index contributed by atoms with van der Waals surface area (Å²) in [5.41, 5.74) is -1.05. The lowest BCUT2D eigenvalue weighted by Gasteiger charge is -2.30. The summed E-state index contributed by atoms with van der Waals surface area (Å²) in [4.78, 5) is 62.0. The highest BCUT2D eigenvalue weighted by Gasteiger charge is 2.62. The number of hydrogen-bond acceptors (Lipinski definition) is 10. The average molecular weight is 778 g/mol. The maximum atomic E-state index is 14.6. The number of rotatable bonds is 4. The molecule has 2 saturated carbocycles. The first-order chi connectivity index (χ1) is 26.3. The van der Waals surface area contributed by atoms with Crippen LogP contribution in [0.2, 0.25) is 0 Å². The molecular formula is C40H51N5O9S. The quantitative estimate of drug-likeness (QED) is 0.374. The van der Waals surface area contributed by atoms with Crippen molar-refractivity contribution in [2.24, 2.45) is 11.3 Å². The third-order valence-corrected chi connectivity index (χ3v) is 13.2. The molecule has 14 nitrogen and oxygen atoms in total. The van der Waals surface area contributed by atoms with Crippen LogP contribution in [0.15, 0.2) is 42.6 Å². The van der Waals surface area contributed by atoms with Gasteiger partial charge in [-0.15, -0.1) is 0 Å². The number of amides is 4. The van der Waals surface area contributed by atoms with E-state index in [-0.39, 0.29) is 31.4 Å². The van der Waals surface area contributed by atoms with Crippen molar-refractivity contribution in [2.45, 2.75) is 113 Å². The minimum Gasteiger partial charge on any atom is -0.496 e. The summed E-state index contributed by atoms with van der Waals surface area (Å²) in [6.07, 6.45) is 14.0. The van der Waals surface area contributed by atoms with E-state index in [1.165, 1.54) is 4.90 Å². The summed E-state index contributed by atoms with van der Waals surface area (Å²) in [5, 5.41) is 6.62. The van der Waals surface area contributed by atoms with Gasteiger partial charge in [0, 0.05) is 29.5 Å². The summed E-state index contributed by atoms with van der Waals surface area (Å²) >= 11 is 0. The molecule has 3 aliphatic heterocycles. The van der Waals surface area contributed by atoms with E-state index in [0.717, 1.165) is 35.6 Å². The first-order valence-electron chi connectivity index (χ1n) is 19.4. The molecule has 5 aliphatic rings. The minimum atomic E-state index is -3.89. The van der Waals surface area contributed by atoms with E-state index < -0.39 is 68.7 Å². The number of nitrogens with one attached hydrogen (secondary N) is 3. The predicted octanol–water partition coefficient (Wildman–Crippen LogP) is 4.52. The summed E-state index contributed by atoms with van der Waals surface area (Å²) in [5.74, 6) is -1.30. The van der Waals surface area contributed by atoms with Gasteiger partial charge in [-0.05, 0) is 80.4 Å². The van der Waals surface area contributed by atoms with Gasteiger partial charge in [-0.2, -0.15) is 0 Å². The van der Waals surface area contributed by atoms with E-state index in [1.807, 2.05) is 50.3 Å². The summed E-state index contributed by atoms with van der Waals surface area (Å²) in [6, 6.07) is 3.62. The molecule has 55 heavy (non-hydrogen) atoms. The molecule has 1 aromatic heterocycles. The Morgan fingerprint density at radius 1 is 1.07 bits per heavy atom. The predicted molar refractivity (Wildman–Crippen MR) is 204 cm³/mol. The second kappa shape index (κ2) is 15.5. The summed E-state index contributed by atoms with van der Waals surface area (Å²) in [7, 11) is -2.28. The van der Waals surface area contributed by atoms with E-state index in [2.05, 4.69) is 26.4 Å². The lowest BCUT2D eigenvalue weighted by atomic mass is 9.88. The smallest absolute Gasteiger partial charge is 0.407 e. The van der Waals surface area contributed by atoms with Gasteiger partial charge >= 0.3 is 6.09 Å². The van der Waals surface area contributed by atoms with Crippen molar-refractivity contribution in [1.29, 1.82) is 0 Å². The standard InChI is InChI=1S/C40H51N5O9S/c1-39(2)17-10-9-11-26-19-30-25(20-33(26)52-3)16-18-41-35(30)54-28-21-32-34(46)43-40(37(48)44-55(50,51)29-14-15-29)22-27(40)12-7-5-4-6-8-13-31(36(47)45(32)23-28)42-38(49)53-24-39/h7,9,11-12,16,18-20,27-29,31-32H,4-6,8,10,13-15,17,21-24H2,1-3H3,(H,42,49)(H,43,46)(H,44,48)/t27-,28-,31+,32+,40-/m1/s1. The highest BCUT2D eigenvalue weighted by atomic mass is 32.2.